The number of aliphatic carboxylic acids is 1. The molecule has 1 aliphatic rings. The van der Waals surface area contributed by atoms with E-state index in [2.05, 4.69) is 10.3 Å². The van der Waals surface area contributed by atoms with Crippen molar-refractivity contribution in [2.75, 3.05) is 13.1 Å². The monoisotopic (exact) mass is 435 g/mol. The molecule has 4 N–H and O–H groups in total. The van der Waals surface area contributed by atoms with Gasteiger partial charge in [0.05, 0.1) is 5.60 Å². The molecule has 2 aromatic carbocycles. The second kappa shape index (κ2) is 8.67. The molecule has 1 aromatic heterocycles. The van der Waals surface area contributed by atoms with Crippen LogP contribution in [0.3, 0.4) is 0 Å². The van der Waals surface area contributed by atoms with Gasteiger partial charge in [0.25, 0.3) is 0 Å². The number of rotatable bonds is 5. The maximum Gasteiger partial charge on any atom is 0.326 e. The van der Waals surface area contributed by atoms with E-state index in [1.54, 1.807) is 11.1 Å². The summed E-state index contributed by atoms with van der Waals surface area (Å²) in [5, 5.41) is 24.6. The molecule has 0 unspecified atom stereocenters. The first-order valence-corrected chi connectivity index (χ1v) is 10.9. The van der Waals surface area contributed by atoms with Crippen molar-refractivity contribution in [2.45, 2.75) is 44.2 Å². The zero-order valence-corrected chi connectivity index (χ0v) is 18.3. The van der Waals surface area contributed by atoms with Gasteiger partial charge in [-0.15, -0.1) is 0 Å². The van der Waals surface area contributed by atoms with E-state index in [4.69, 9.17) is 0 Å². The summed E-state index contributed by atoms with van der Waals surface area (Å²) in [4.78, 5) is 29.7. The van der Waals surface area contributed by atoms with Crippen LogP contribution in [-0.4, -0.2) is 51.2 Å². The Bertz CT molecular complexity index is 1130. The number of nitrogens with zero attached hydrogens (tertiary/aromatic N) is 1. The molecule has 0 spiro atoms. The average Bonchev–Trinajstić information content (AvgIpc) is 3.21. The van der Waals surface area contributed by atoms with Gasteiger partial charge >= 0.3 is 12.0 Å². The fraction of sp³-hybridized carbons (Fsp3) is 0.360. The number of para-hydroxylation sites is 1. The summed E-state index contributed by atoms with van der Waals surface area (Å²) in [6.07, 6.45) is 2.61. The van der Waals surface area contributed by atoms with E-state index in [0.29, 0.717) is 25.9 Å². The summed E-state index contributed by atoms with van der Waals surface area (Å²) in [6.45, 7) is 4.48. The molecule has 32 heavy (non-hydrogen) atoms. The molecule has 0 aliphatic carbocycles. The molecule has 7 nitrogen and oxygen atoms in total. The number of hydrogen-bond acceptors (Lipinski definition) is 3. The van der Waals surface area contributed by atoms with Crippen LogP contribution in [0.1, 0.15) is 42.4 Å². The van der Waals surface area contributed by atoms with Crippen molar-refractivity contribution in [3.05, 3.63) is 71.4 Å². The van der Waals surface area contributed by atoms with Crippen LogP contribution >= 0.6 is 0 Å². The highest BCUT2D eigenvalue weighted by atomic mass is 16.4. The zero-order valence-electron chi connectivity index (χ0n) is 18.3. The van der Waals surface area contributed by atoms with Crippen LogP contribution in [0.4, 0.5) is 4.79 Å². The van der Waals surface area contributed by atoms with Crippen LogP contribution in [0.15, 0.2) is 54.7 Å². The van der Waals surface area contributed by atoms with Crippen LogP contribution in [0.5, 0.6) is 0 Å². The molecule has 1 saturated heterocycles. The van der Waals surface area contributed by atoms with Crippen molar-refractivity contribution in [3.8, 4) is 0 Å². The number of aliphatic hydroxyl groups is 1. The van der Waals surface area contributed by atoms with E-state index < -0.39 is 29.6 Å². The topological polar surface area (TPSA) is 106 Å². The minimum atomic E-state index is -1.08. The molecule has 0 bridgehead atoms. The quantitative estimate of drug-likeness (QED) is 0.490. The van der Waals surface area contributed by atoms with Gasteiger partial charge in [-0.1, -0.05) is 49.4 Å². The summed E-state index contributed by atoms with van der Waals surface area (Å²) >= 11 is 0. The van der Waals surface area contributed by atoms with Crippen molar-refractivity contribution >= 4 is 22.9 Å². The third kappa shape index (κ3) is 4.08. The normalized spacial score (nSPS) is 17.7. The van der Waals surface area contributed by atoms with E-state index in [1.807, 2.05) is 62.4 Å². The number of benzene rings is 2. The maximum absolute atomic E-state index is 12.9. The molecular weight excluding hydrogens is 406 g/mol. The summed E-state index contributed by atoms with van der Waals surface area (Å²) in [6, 6.07) is 13.9. The van der Waals surface area contributed by atoms with Crippen LogP contribution in [0.25, 0.3) is 10.9 Å². The number of carboxylic acid groups (broad SMARTS) is 1. The third-order valence-electron chi connectivity index (χ3n) is 6.68. The Morgan fingerprint density at radius 3 is 2.44 bits per heavy atom. The highest BCUT2D eigenvalue weighted by Crippen LogP contribution is 2.35. The van der Waals surface area contributed by atoms with Crippen LogP contribution in [0.2, 0.25) is 0 Å². The lowest BCUT2D eigenvalue weighted by Crippen LogP contribution is -2.53. The highest BCUT2D eigenvalue weighted by molar-refractivity contribution is 5.87. The molecule has 2 atom stereocenters. The molecule has 168 valence electrons. The molecular formula is C25H29N3O4. The lowest BCUT2D eigenvalue weighted by atomic mass is 9.82. The molecule has 1 fully saturated rings. The first-order chi connectivity index (χ1) is 15.3. The fourth-order valence-corrected chi connectivity index (χ4v) is 4.72. The summed E-state index contributed by atoms with van der Waals surface area (Å²) in [5.74, 6) is -1.51. The Morgan fingerprint density at radius 2 is 1.75 bits per heavy atom. The number of carbonyl (C=O) groups is 2. The van der Waals surface area contributed by atoms with Crippen LogP contribution in [-0.2, 0) is 10.4 Å². The molecule has 2 heterocycles. The van der Waals surface area contributed by atoms with Gasteiger partial charge in [0.2, 0.25) is 0 Å². The molecule has 0 saturated carbocycles. The van der Waals surface area contributed by atoms with E-state index in [1.165, 1.54) is 0 Å². The Hall–Kier alpha value is -3.32. The van der Waals surface area contributed by atoms with Crippen molar-refractivity contribution in [2.24, 2.45) is 0 Å². The number of amides is 2. The molecule has 4 rings (SSSR count). The Labute approximate surface area is 187 Å². The van der Waals surface area contributed by atoms with E-state index in [0.717, 1.165) is 27.6 Å². The van der Waals surface area contributed by atoms with Gasteiger partial charge in [-0.25, -0.2) is 9.59 Å². The lowest BCUT2D eigenvalue weighted by molar-refractivity contribution is -0.139. The smallest absolute Gasteiger partial charge is 0.326 e. The van der Waals surface area contributed by atoms with Gasteiger partial charge in [-0.3, -0.25) is 0 Å². The van der Waals surface area contributed by atoms with E-state index in [9.17, 15) is 19.8 Å². The summed E-state index contributed by atoms with van der Waals surface area (Å²) < 4.78 is 0. The number of hydrogen-bond donors (Lipinski definition) is 4. The molecule has 1 aliphatic heterocycles. The first kappa shape index (κ1) is 21.9. The number of nitrogens with one attached hydrogen (secondary N) is 2. The first-order valence-electron chi connectivity index (χ1n) is 10.9. The van der Waals surface area contributed by atoms with Crippen molar-refractivity contribution in [1.29, 1.82) is 0 Å². The number of aryl methyl sites for hydroxylation is 1. The Morgan fingerprint density at radius 1 is 1.09 bits per heavy atom. The van der Waals surface area contributed by atoms with Gasteiger partial charge in [-0.05, 0) is 42.5 Å². The van der Waals surface area contributed by atoms with Crippen molar-refractivity contribution in [3.63, 3.8) is 0 Å². The lowest BCUT2D eigenvalue weighted by Gasteiger charge is -2.39. The van der Waals surface area contributed by atoms with E-state index >= 15 is 0 Å². The predicted molar refractivity (Wildman–Crippen MR) is 123 cm³/mol. The summed E-state index contributed by atoms with van der Waals surface area (Å²) in [5.41, 5.74) is 2.70. The zero-order chi connectivity index (χ0) is 22.9. The number of aromatic amines is 1. The second-order valence-corrected chi connectivity index (χ2v) is 8.68. The molecule has 3 aromatic rings. The largest absolute Gasteiger partial charge is 0.480 e. The van der Waals surface area contributed by atoms with Crippen LogP contribution < -0.4 is 5.32 Å². The standard InChI is InChI=1S/C25H29N3O4/c1-16-7-3-5-9-20(16)25(32)11-13-28(14-12-25)24(31)27-22(23(29)30)17(2)19-15-26-21-10-6-4-8-18(19)21/h3-10,15,17,22,26,32H,11-14H2,1-2H3,(H,27,31)(H,29,30)/t17-,22+/m0/s1. The molecule has 0 radical (unpaired) electrons. The average molecular weight is 436 g/mol. The number of piperidine rings is 1. The summed E-state index contributed by atoms with van der Waals surface area (Å²) in [7, 11) is 0. The van der Waals surface area contributed by atoms with Gasteiger partial charge < -0.3 is 25.4 Å². The number of H-pyrrole nitrogens is 1. The number of likely N-dealkylation sites (tertiary alicyclic amines) is 1. The predicted octanol–water partition coefficient (Wildman–Crippen LogP) is 3.73. The Kier molecular flexibility index (Phi) is 5.93. The van der Waals surface area contributed by atoms with E-state index in [-0.39, 0.29) is 0 Å². The Balaban J connectivity index is 1.45. The highest BCUT2D eigenvalue weighted by Gasteiger charge is 2.38. The number of fused-ring (bicyclic) bond motifs is 1. The molecule has 2 amide bonds. The minimum Gasteiger partial charge on any atom is -0.480 e. The maximum atomic E-state index is 12.9. The second-order valence-electron chi connectivity index (χ2n) is 8.68. The van der Waals surface area contributed by atoms with Crippen molar-refractivity contribution < 1.29 is 19.8 Å². The third-order valence-corrected chi connectivity index (χ3v) is 6.68. The van der Waals surface area contributed by atoms with Gasteiger partial charge in [0.15, 0.2) is 0 Å². The minimum absolute atomic E-state index is 0.352. The van der Waals surface area contributed by atoms with Gasteiger partial charge in [0.1, 0.15) is 6.04 Å². The van der Waals surface area contributed by atoms with Crippen LogP contribution in [0, 0.1) is 6.92 Å². The fourth-order valence-electron chi connectivity index (χ4n) is 4.72. The van der Waals surface area contributed by atoms with Gasteiger partial charge in [0, 0.05) is 36.1 Å². The molecule has 7 heteroatoms. The van der Waals surface area contributed by atoms with Gasteiger partial charge in [-0.2, -0.15) is 0 Å². The SMILES string of the molecule is Cc1ccccc1C1(O)CCN(C(=O)N[C@@H](C(=O)O)[C@@H](C)c2c[nH]c3ccccc23)CC1. The number of carbonyl (C=O) groups excluding carboxylic acids is 1. The number of aromatic nitrogens is 1. The number of carboxylic acids is 1. The van der Waals surface area contributed by atoms with Crippen molar-refractivity contribution in [1.82, 2.24) is 15.2 Å². The number of urea groups is 1.